The Bertz CT molecular complexity index is 460. The topological polar surface area (TPSA) is 22.2 Å². The van der Waals surface area contributed by atoms with E-state index in [1.165, 1.54) is 11.4 Å². The lowest BCUT2D eigenvalue weighted by Crippen LogP contribution is -1.91. The van der Waals surface area contributed by atoms with Crippen LogP contribution in [0.3, 0.4) is 0 Å². The van der Waals surface area contributed by atoms with Crippen molar-refractivity contribution in [2.75, 3.05) is 0 Å². The zero-order chi connectivity index (χ0) is 9.42. The number of allylic oxidation sites excluding steroid dienone is 1. The van der Waals surface area contributed by atoms with Crippen LogP contribution in [0.25, 0.3) is 11.9 Å². The lowest BCUT2D eigenvalue weighted by Gasteiger charge is -1.94. The maximum Gasteiger partial charge on any atom is 0.214 e. The summed E-state index contributed by atoms with van der Waals surface area (Å²) >= 11 is 0. The van der Waals surface area contributed by atoms with Crippen LogP contribution in [0, 0.1) is 6.92 Å². The Morgan fingerprint density at radius 1 is 1.46 bits per heavy atom. The van der Waals surface area contributed by atoms with Crippen LogP contribution in [0.4, 0.5) is 0 Å². The molecule has 2 heterocycles. The van der Waals surface area contributed by atoms with Crippen molar-refractivity contribution in [1.29, 1.82) is 0 Å². The van der Waals surface area contributed by atoms with Gasteiger partial charge in [-0.1, -0.05) is 6.08 Å². The number of rotatable bonds is 1. The molecule has 0 N–H and O–H groups in total. The molecule has 68 valence electrons. The standard InChI is InChI=1S/C10H13N3/c1-4-5-9-8(2)12(3)10-11-6-7-13(9)10/h4-7H,1-3H3/b5-4-. The van der Waals surface area contributed by atoms with Crippen LogP contribution < -0.4 is 0 Å². The zero-order valence-corrected chi connectivity index (χ0v) is 8.15. The minimum atomic E-state index is 0.991. The molecular formula is C10H13N3. The molecule has 0 unspecified atom stereocenters. The fourth-order valence-electron chi connectivity index (χ4n) is 1.59. The van der Waals surface area contributed by atoms with Gasteiger partial charge in [0, 0.05) is 25.1 Å². The summed E-state index contributed by atoms with van der Waals surface area (Å²) in [5, 5.41) is 0. The van der Waals surface area contributed by atoms with E-state index in [-0.39, 0.29) is 0 Å². The minimum Gasteiger partial charge on any atom is -0.317 e. The van der Waals surface area contributed by atoms with Gasteiger partial charge in [-0.15, -0.1) is 0 Å². The third-order valence-electron chi connectivity index (χ3n) is 2.38. The van der Waals surface area contributed by atoms with Gasteiger partial charge in [-0.2, -0.15) is 0 Å². The molecule has 3 heteroatoms. The summed E-state index contributed by atoms with van der Waals surface area (Å²) in [6, 6.07) is 0. The van der Waals surface area contributed by atoms with Crippen molar-refractivity contribution in [3.63, 3.8) is 0 Å². The molecule has 0 aliphatic heterocycles. The fraction of sp³-hybridized carbons (Fsp3) is 0.300. The Balaban J connectivity index is 2.84. The number of aromatic nitrogens is 3. The van der Waals surface area contributed by atoms with E-state index in [0.29, 0.717) is 0 Å². The average molecular weight is 175 g/mol. The lowest BCUT2D eigenvalue weighted by atomic mass is 10.3. The maximum atomic E-state index is 4.27. The Labute approximate surface area is 77.3 Å². The van der Waals surface area contributed by atoms with E-state index in [9.17, 15) is 0 Å². The highest BCUT2D eigenvalue weighted by molar-refractivity contribution is 5.54. The van der Waals surface area contributed by atoms with Crippen LogP contribution in [0.2, 0.25) is 0 Å². The first kappa shape index (κ1) is 8.10. The fourth-order valence-corrected chi connectivity index (χ4v) is 1.59. The Kier molecular flexibility index (Phi) is 1.72. The van der Waals surface area contributed by atoms with Gasteiger partial charge in [-0.25, -0.2) is 4.98 Å². The summed E-state index contributed by atoms with van der Waals surface area (Å²) in [5.41, 5.74) is 2.44. The molecule has 0 fully saturated rings. The van der Waals surface area contributed by atoms with Gasteiger partial charge in [-0.3, -0.25) is 4.40 Å². The highest BCUT2D eigenvalue weighted by Crippen LogP contribution is 2.15. The first-order chi connectivity index (χ1) is 6.25. The highest BCUT2D eigenvalue weighted by Gasteiger charge is 2.08. The number of aryl methyl sites for hydroxylation is 1. The molecule has 0 saturated heterocycles. The largest absolute Gasteiger partial charge is 0.317 e. The van der Waals surface area contributed by atoms with E-state index in [0.717, 1.165) is 5.78 Å². The van der Waals surface area contributed by atoms with E-state index in [2.05, 4.69) is 27.0 Å². The van der Waals surface area contributed by atoms with Crippen LogP contribution in [0.15, 0.2) is 18.5 Å². The SMILES string of the molecule is C/C=C\c1c(C)n(C)c2nccn12. The van der Waals surface area contributed by atoms with Crippen molar-refractivity contribution in [3.8, 4) is 0 Å². The summed E-state index contributed by atoms with van der Waals surface area (Å²) < 4.78 is 4.19. The molecular weight excluding hydrogens is 162 g/mol. The van der Waals surface area contributed by atoms with E-state index in [4.69, 9.17) is 0 Å². The van der Waals surface area contributed by atoms with Crippen molar-refractivity contribution in [3.05, 3.63) is 29.9 Å². The van der Waals surface area contributed by atoms with E-state index in [1.807, 2.05) is 32.4 Å². The van der Waals surface area contributed by atoms with Crippen LogP contribution >= 0.6 is 0 Å². The molecule has 2 rings (SSSR count). The maximum absolute atomic E-state index is 4.27. The Morgan fingerprint density at radius 2 is 2.23 bits per heavy atom. The number of nitrogens with zero attached hydrogens (tertiary/aromatic N) is 3. The second-order valence-corrected chi connectivity index (χ2v) is 3.13. The molecule has 13 heavy (non-hydrogen) atoms. The van der Waals surface area contributed by atoms with E-state index < -0.39 is 0 Å². The van der Waals surface area contributed by atoms with Crippen LogP contribution in [-0.4, -0.2) is 14.0 Å². The summed E-state index contributed by atoms with van der Waals surface area (Å²) in [4.78, 5) is 4.27. The van der Waals surface area contributed by atoms with Gasteiger partial charge in [0.15, 0.2) is 0 Å². The molecule has 0 aromatic carbocycles. The Morgan fingerprint density at radius 3 is 2.92 bits per heavy atom. The predicted octanol–water partition coefficient (Wildman–Crippen LogP) is 2.01. The van der Waals surface area contributed by atoms with Crippen LogP contribution in [0.5, 0.6) is 0 Å². The van der Waals surface area contributed by atoms with Gasteiger partial charge in [0.05, 0.1) is 5.69 Å². The number of imidazole rings is 2. The zero-order valence-electron chi connectivity index (χ0n) is 8.15. The quantitative estimate of drug-likeness (QED) is 0.650. The molecule has 2 aromatic heterocycles. The summed E-state index contributed by atoms with van der Waals surface area (Å²) in [7, 11) is 2.03. The summed E-state index contributed by atoms with van der Waals surface area (Å²) in [6.45, 7) is 4.12. The molecule has 2 aromatic rings. The molecule has 0 saturated carbocycles. The number of hydrogen-bond acceptors (Lipinski definition) is 1. The number of fused-ring (bicyclic) bond motifs is 1. The van der Waals surface area contributed by atoms with Gasteiger partial charge < -0.3 is 4.57 Å². The third kappa shape index (κ3) is 1.00. The molecule has 0 aliphatic carbocycles. The van der Waals surface area contributed by atoms with Gasteiger partial charge >= 0.3 is 0 Å². The molecule has 0 atom stereocenters. The average Bonchev–Trinajstić information content (AvgIpc) is 2.66. The molecule has 0 spiro atoms. The van der Waals surface area contributed by atoms with E-state index >= 15 is 0 Å². The summed E-state index contributed by atoms with van der Waals surface area (Å²) in [5.74, 6) is 0.991. The normalized spacial score (nSPS) is 11.9. The molecule has 3 nitrogen and oxygen atoms in total. The van der Waals surface area contributed by atoms with Gasteiger partial charge in [0.25, 0.3) is 0 Å². The second-order valence-electron chi connectivity index (χ2n) is 3.13. The van der Waals surface area contributed by atoms with Crippen molar-refractivity contribution >= 4 is 11.9 Å². The molecule has 0 aliphatic rings. The van der Waals surface area contributed by atoms with E-state index in [1.54, 1.807) is 0 Å². The van der Waals surface area contributed by atoms with Crippen molar-refractivity contribution in [1.82, 2.24) is 14.0 Å². The van der Waals surface area contributed by atoms with Crippen molar-refractivity contribution in [2.45, 2.75) is 13.8 Å². The summed E-state index contributed by atoms with van der Waals surface area (Å²) in [6.07, 6.45) is 7.95. The predicted molar refractivity (Wildman–Crippen MR) is 53.6 cm³/mol. The minimum absolute atomic E-state index is 0.991. The van der Waals surface area contributed by atoms with Crippen molar-refractivity contribution < 1.29 is 0 Å². The lowest BCUT2D eigenvalue weighted by molar-refractivity contribution is 0.896. The second kappa shape index (κ2) is 2.76. The molecule has 0 amide bonds. The van der Waals surface area contributed by atoms with Gasteiger partial charge in [0.1, 0.15) is 0 Å². The van der Waals surface area contributed by atoms with Crippen molar-refractivity contribution in [2.24, 2.45) is 7.05 Å². The first-order valence-electron chi connectivity index (χ1n) is 4.36. The number of hydrogen-bond donors (Lipinski definition) is 0. The van der Waals surface area contributed by atoms with Crippen LogP contribution in [0.1, 0.15) is 18.3 Å². The Hall–Kier alpha value is -1.51. The van der Waals surface area contributed by atoms with Crippen LogP contribution in [-0.2, 0) is 7.05 Å². The molecule has 0 bridgehead atoms. The smallest absolute Gasteiger partial charge is 0.214 e. The highest BCUT2D eigenvalue weighted by atomic mass is 15.2. The van der Waals surface area contributed by atoms with Gasteiger partial charge in [0.2, 0.25) is 5.78 Å². The molecule has 0 radical (unpaired) electrons. The third-order valence-corrected chi connectivity index (χ3v) is 2.38. The first-order valence-corrected chi connectivity index (χ1v) is 4.36. The van der Waals surface area contributed by atoms with Gasteiger partial charge in [-0.05, 0) is 19.9 Å². The monoisotopic (exact) mass is 175 g/mol.